The van der Waals surface area contributed by atoms with E-state index in [4.69, 9.17) is 14.6 Å². The van der Waals surface area contributed by atoms with Crippen LogP contribution in [-0.4, -0.2) is 39.6 Å². The van der Waals surface area contributed by atoms with Crippen LogP contribution in [0.5, 0.6) is 11.5 Å². The van der Waals surface area contributed by atoms with Gasteiger partial charge in [0.1, 0.15) is 11.5 Å². The zero-order valence-corrected chi connectivity index (χ0v) is 16.2. The molecule has 6 nitrogen and oxygen atoms in total. The van der Waals surface area contributed by atoms with Crippen molar-refractivity contribution in [2.24, 2.45) is 5.10 Å². The summed E-state index contributed by atoms with van der Waals surface area (Å²) in [7, 11) is 1.65. The van der Waals surface area contributed by atoms with E-state index in [-0.39, 0.29) is 5.25 Å². The van der Waals surface area contributed by atoms with Gasteiger partial charge in [-0.25, -0.2) is 0 Å². The molecule has 2 heterocycles. The first-order chi connectivity index (χ1) is 13.2. The lowest BCUT2D eigenvalue weighted by Crippen LogP contribution is -2.22. The molecule has 1 aliphatic rings. The van der Waals surface area contributed by atoms with Gasteiger partial charge in [0, 0.05) is 11.1 Å². The van der Waals surface area contributed by atoms with E-state index >= 15 is 0 Å². The van der Waals surface area contributed by atoms with Crippen LogP contribution in [0.2, 0.25) is 0 Å². The van der Waals surface area contributed by atoms with Crippen LogP contribution in [0.15, 0.2) is 58.8 Å². The minimum absolute atomic E-state index is 0.140. The van der Waals surface area contributed by atoms with Crippen LogP contribution < -0.4 is 9.47 Å². The van der Waals surface area contributed by atoms with E-state index < -0.39 is 0 Å². The lowest BCUT2D eigenvalue weighted by molar-refractivity contribution is 0.339. The van der Waals surface area contributed by atoms with E-state index in [0.717, 1.165) is 33.5 Å². The number of rotatable bonds is 5. The summed E-state index contributed by atoms with van der Waals surface area (Å²) in [5, 5.41) is 14.5. The fourth-order valence-electron chi connectivity index (χ4n) is 3.01. The Balaban J connectivity index is 1.82. The van der Waals surface area contributed by atoms with Crippen molar-refractivity contribution < 1.29 is 9.47 Å². The molecule has 0 bridgehead atoms. The molecule has 0 amide bonds. The van der Waals surface area contributed by atoms with Crippen LogP contribution in [-0.2, 0) is 0 Å². The summed E-state index contributed by atoms with van der Waals surface area (Å²) in [4.78, 5) is 0. The first-order valence-electron chi connectivity index (χ1n) is 8.78. The van der Waals surface area contributed by atoms with Crippen molar-refractivity contribution in [2.75, 3.05) is 13.7 Å². The molecular formula is C20H20N4O2S. The predicted molar refractivity (Wildman–Crippen MR) is 107 cm³/mol. The maximum atomic E-state index is 5.81. The predicted octanol–water partition coefficient (Wildman–Crippen LogP) is 4.10. The first-order valence-corrected chi connectivity index (χ1v) is 9.66. The van der Waals surface area contributed by atoms with Crippen LogP contribution in [0, 0.1) is 0 Å². The van der Waals surface area contributed by atoms with Crippen LogP contribution in [0.3, 0.4) is 0 Å². The molecule has 1 aliphatic heterocycles. The molecule has 0 unspecified atom stereocenters. The van der Waals surface area contributed by atoms with Crippen molar-refractivity contribution in [3.8, 4) is 22.9 Å². The topological polar surface area (TPSA) is 61.5 Å². The van der Waals surface area contributed by atoms with Gasteiger partial charge in [0.25, 0.3) is 0 Å². The normalized spacial score (nSPS) is 15.8. The summed E-state index contributed by atoms with van der Waals surface area (Å²) >= 11 is 1.64. The molecule has 0 spiro atoms. The first kappa shape index (κ1) is 17.6. The Labute approximate surface area is 162 Å². The maximum absolute atomic E-state index is 5.81. The van der Waals surface area contributed by atoms with Crippen molar-refractivity contribution in [3.05, 3.63) is 54.1 Å². The summed E-state index contributed by atoms with van der Waals surface area (Å²) in [5.74, 6) is 2.30. The van der Waals surface area contributed by atoms with E-state index in [2.05, 4.69) is 17.1 Å². The molecule has 7 heteroatoms. The zero-order valence-electron chi connectivity index (χ0n) is 15.4. The van der Waals surface area contributed by atoms with Gasteiger partial charge in [0.15, 0.2) is 5.82 Å². The van der Waals surface area contributed by atoms with Gasteiger partial charge < -0.3 is 9.47 Å². The SMILES string of the molecule is CCOc1ccccc1C1=Nn2c(nnc2-c2cccc(OC)c2)S[C@@H]1C. The Kier molecular flexibility index (Phi) is 4.85. The number of ether oxygens (including phenoxy) is 2. The number of para-hydroxylation sites is 1. The van der Waals surface area contributed by atoms with Gasteiger partial charge >= 0.3 is 0 Å². The van der Waals surface area contributed by atoms with Gasteiger partial charge in [-0.2, -0.15) is 9.78 Å². The van der Waals surface area contributed by atoms with Crippen molar-refractivity contribution in [1.82, 2.24) is 14.9 Å². The molecule has 0 aliphatic carbocycles. The van der Waals surface area contributed by atoms with Gasteiger partial charge in [0.05, 0.1) is 24.7 Å². The van der Waals surface area contributed by atoms with Crippen LogP contribution >= 0.6 is 11.8 Å². The van der Waals surface area contributed by atoms with E-state index in [0.29, 0.717) is 12.4 Å². The fraction of sp³-hybridized carbons (Fsp3) is 0.250. The van der Waals surface area contributed by atoms with E-state index in [1.54, 1.807) is 23.5 Å². The van der Waals surface area contributed by atoms with Gasteiger partial charge in [-0.1, -0.05) is 36.0 Å². The molecule has 2 aromatic carbocycles. The van der Waals surface area contributed by atoms with Gasteiger partial charge in [0.2, 0.25) is 5.16 Å². The van der Waals surface area contributed by atoms with Gasteiger partial charge in [-0.15, -0.1) is 10.2 Å². The lowest BCUT2D eigenvalue weighted by Gasteiger charge is -2.21. The van der Waals surface area contributed by atoms with Crippen molar-refractivity contribution in [1.29, 1.82) is 0 Å². The molecule has 4 rings (SSSR count). The van der Waals surface area contributed by atoms with E-state index in [1.807, 2.05) is 55.5 Å². The second-order valence-electron chi connectivity index (χ2n) is 6.02. The average molecular weight is 380 g/mol. The molecule has 0 radical (unpaired) electrons. The monoisotopic (exact) mass is 380 g/mol. The Bertz CT molecular complexity index is 999. The summed E-state index contributed by atoms with van der Waals surface area (Å²) in [6.45, 7) is 4.71. The van der Waals surface area contributed by atoms with Crippen molar-refractivity contribution in [3.63, 3.8) is 0 Å². The number of hydrogen-bond acceptors (Lipinski definition) is 6. The molecular weight excluding hydrogens is 360 g/mol. The molecule has 0 saturated heterocycles. The largest absolute Gasteiger partial charge is 0.497 e. The zero-order chi connectivity index (χ0) is 18.8. The van der Waals surface area contributed by atoms with Crippen LogP contribution in [0.1, 0.15) is 19.4 Å². The van der Waals surface area contributed by atoms with Crippen molar-refractivity contribution in [2.45, 2.75) is 24.3 Å². The highest BCUT2D eigenvalue weighted by atomic mass is 32.2. The van der Waals surface area contributed by atoms with Crippen LogP contribution in [0.25, 0.3) is 11.4 Å². The standard InChI is InChI=1S/C20H20N4O2S/c1-4-26-17-11-6-5-10-16(17)18-13(2)27-20-22-21-19(24(20)23-18)14-8-7-9-15(12-14)25-3/h5-13H,4H2,1-3H3/t13-/m1/s1. The Morgan fingerprint density at radius 2 is 1.96 bits per heavy atom. The third kappa shape index (κ3) is 3.30. The third-order valence-electron chi connectivity index (χ3n) is 4.28. The highest BCUT2D eigenvalue weighted by molar-refractivity contribution is 8.00. The number of fused-ring (bicyclic) bond motifs is 1. The molecule has 0 fully saturated rings. The summed E-state index contributed by atoms with van der Waals surface area (Å²) in [6.07, 6.45) is 0. The van der Waals surface area contributed by atoms with Gasteiger partial charge in [-0.3, -0.25) is 0 Å². The second kappa shape index (κ2) is 7.44. The van der Waals surface area contributed by atoms with Crippen LogP contribution in [0.4, 0.5) is 0 Å². The van der Waals surface area contributed by atoms with Gasteiger partial charge in [-0.05, 0) is 38.1 Å². The highest BCUT2D eigenvalue weighted by Crippen LogP contribution is 2.35. The maximum Gasteiger partial charge on any atom is 0.213 e. The summed E-state index contributed by atoms with van der Waals surface area (Å²) in [5.41, 5.74) is 2.85. The number of hydrogen-bond donors (Lipinski definition) is 0. The minimum atomic E-state index is 0.140. The molecule has 3 aromatic rings. The Morgan fingerprint density at radius 3 is 2.78 bits per heavy atom. The number of aromatic nitrogens is 3. The molecule has 0 saturated carbocycles. The van der Waals surface area contributed by atoms with E-state index in [1.165, 1.54) is 0 Å². The smallest absolute Gasteiger partial charge is 0.213 e. The molecule has 1 aromatic heterocycles. The van der Waals surface area contributed by atoms with E-state index in [9.17, 15) is 0 Å². The Hall–Kier alpha value is -2.80. The molecule has 1 atom stereocenters. The summed E-state index contributed by atoms with van der Waals surface area (Å²) in [6, 6.07) is 15.7. The fourth-order valence-corrected chi connectivity index (χ4v) is 3.92. The second-order valence-corrected chi connectivity index (χ2v) is 7.33. The quantitative estimate of drug-likeness (QED) is 0.667. The Morgan fingerprint density at radius 1 is 1.11 bits per heavy atom. The number of methoxy groups -OCH3 is 1. The number of nitrogens with zero attached hydrogens (tertiary/aromatic N) is 4. The summed E-state index contributed by atoms with van der Waals surface area (Å²) < 4.78 is 12.9. The highest BCUT2D eigenvalue weighted by Gasteiger charge is 2.27. The number of thioether (sulfide) groups is 1. The molecule has 0 N–H and O–H groups in total. The number of benzene rings is 2. The minimum Gasteiger partial charge on any atom is -0.497 e. The average Bonchev–Trinajstić information content (AvgIpc) is 3.11. The lowest BCUT2D eigenvalue weighted by atomic mass is 10.1. The molecule has 138 valence electrons. The molecule has 27 heavy (non-hydrogen) atoms. The van der Waals surface area contributed by atoms with Crippen molar-refractivity contribution >= 4 is 17.5 Å². The third-order valence-corrected chi connectivity index (χ3v) is 5.32.